The van der Waals surface area contributed by atoms with E-state index >= 15 is 0 Å². The van der Waals surface area contributed by atoms with Gasteiger partial charge < -0.3 is 0 Å². The number of halogens is 3. The minimum Gasteiger partial charge on any atom is -0.0614 e. The maximum atomic E-state index is 3.82. The van der Waals surface area contributed by atoms with Crippen molar-refractivity contribution in [2.75, 3.05) is 0 Å². The summed E-state index contributed by atoms with van der Waals surface area (Å²) in [6, 6.07) is 26.2. The van der Waals surface area contributed by atoms with E-state index in [-0.39, 0.29) is 0 Å². The normalized spacial score (nSPS) is 11.0. The molecule has 150 valence electrons. The highest BCUT2D eigenvalue weighted by Gasteiger charge is 2.13. The lowest BCUT2D eigenvalue weighted by Gasteiger charge is -2.15. The van der Waals surface area contributed by atoms with E-state index in [2.05, 4.69) is 135 Å². The summed E-state index contributed by atoms with van der Waals surface area (Å²) in [4.78, 5) is 0. The molecule has 0 aromatic heterocycles. The Kier molecular flexibility index (Phi) is 6.34. The van der Waals surface area contributed by atoms with E-state index in [0.717, 1.165) is 13.4 Å². The first-order valence-corrected chi connectivity index (χ1v) is 12.1. The van der Waals surface area contributed by atoms with Crippen LogP contribution < -0.4 is 0 Å². The van der Waals surface area contributed by atoms with Crippen molar-refractivity contribution in [1.82, 2.24) is 0 Å². The van der Waals surface area contributed by atoms with Crippen molar-refractivity contribution in [3.8, 4) is 33.4 Å². The first kappa shape index (κ1) is 21.5. The summed E-state index contributed by atoms with van der Waals surface area (Å²) < 4.78 is 3.29. The molecule has 0 aliphatic carbocycles. The van der Waals surface area contributed by atoms with Gasteiger partial charge in [0.2, 0.25) is 0 Å². The molecule has 30 heavy (non-hydrogen) atoms. The molecule has 0 fully saturated rings. The van der Waals surface area contributed by atoms with Crippen molar-refractivity contribution >= 4 is 47.8 Å². The molecule has 0 atom stereocenters. The maximum Gasteiger partial charge on any atom is 0.0260 e. The van der Waals surface area contributed by atoms with Gasteiger partial charge >= 0.3 is 0 Å². The van der Waals surface area contributed by atoms with Gasteiger partial charge in [-0.05, 0) is 95.6 Å². The lowest BCUT2D eigenvalue weighted by molar-refractivity contribution is 1.39. The zero-order chi connectivity index (χ0) is 21.4. The summed E-state index contributed by atoms with van der Waals surface area (Å²) in [6.07, 6.45) is 0. The predicted molar refractivity (Wildman–Crippen MR) is 140 cm³/mol. The fourth-order valence-corrected chi connectivity index (χ4v) is 5.27. The Morgan fingerprint density at radius 1 is 0.500 bits per heavy atom. The van der Waals surface area contributed by atoms with Gasteiger partial charge in [0.15, 0.2) is 0 Å². The van der Waals surface area contributed by atoms with E-state index in [1.807, 2.05) is 6.07 Å². The molecule has 4 rings (SSSR count). The molecule has 3 heteroatoms. The van der Waals surface area contributed by atoms with Crippen LogP contribution in [-0.2, 0) is 0 Å². The average Bonchev–Trinajstić information content (AvgIpc) is 2.71. The molecule has 0 unspecified atom stereocenters. The number of rotatable bonds is 3. The first-order valence-electron chi connectivity index (χ1n) is 9.77. The Labute approximate surface area is 203 Å². The van der Waals surface area contributed by atoms with Gasteiger partial charge in [-0.3, -0.25) is 0 Å². The Hall–Kier alpha value is -1.68. The second-order valence-electron chi connectivity index (χ2n) is 7.67. The molecular formula is C27H21Br3. The fourth-order valence-electron chi connectivity index (χ4n) is 3.86. The van der Waals surface area contributed by atoms with Gasteiger partial charge in [0.05, 0.1) is 0 Å². The zero-order valence-electron chi connectivity index (χ0n) is 17.1. The fraction of sp³-hybridized carbons (Fsp3) is 0.111. The van der Waals surface area contributed by atoms with Gasteiger partial charge in [-0.2, -0.15) is 0 Å². The molecule has 0 nitrogen and oxygen atoms in total. The largest absolute Gasteiger partial charge is 0.0614 e. The molecule has 0 bridgehead atoms. The van der Waals surface area contributed by atoms with Crippen molar-refractivity contribution < 1.29 is 0 Å². The highest BCUT2D eigenvalue weighted by atomic mass is 79.9. The van der Waals surface area contributed by atoms with Gasteiger partial charge in [-0.1, -0.05) is 95.8 Å². The lowest BCUT2D eigenvalue weighted by Crippen LogP contribution is -1.91. The smallest absolute Gasteiger partial charge is 0.0260 e. The number of hydrogen-bond donors (Lipinski definition) is 0. The average molecular weight is 585 g/mol. The maximum absolute atomic E-state index is 3.82. The van der Waals surface area contributed by atoms with Crippen LogP contribution in [0.4, 0.5) is 0 Å². The van der Waals surface area contributed by atoms with Crippen molar-refractivity contribution in [3.05, 3.63) is 103 Å². The van der Waals surface area contributed by atoms with E-state index in [0.29, 0.717) is 0 Å². The standard InChI is InChI=1S/C27H21Br3/c1-16-5-4-6-19(11-16)24-13-18(3)23(15-27(24)30)22-9-7-20(12-17(22)2)25-14-21(28)8-10-26(25)29/h4-15H,1-3H3. The van der Waals surface area contributed by atoms with Crippen molar-refractivity contribution in [2.45, 2.75) is 20.8 Å². The third-order valence-electron chi connectivity index (χ3n) is 5.40. The van der Waals surface area contributed by atoms with Crippen molar-refractivity contribution in [2.24, 2.45) is 0 Å². The summed E-state index contributed by atoms with van der Waals surface area (Å²) >= 11 is 11.1. The number of hydrogen-bond acceptors (Lipinski definition) is 0. The van der Waals surface area contributed by atoms with Crippen LogP contribution in [0.25, 0.3) is 33.4 Å². The minimum absolute atomic E-state index is 1.08. The predicted octanol–water partition coefficient (Wildman–Crippen LogP) is 9.90. The second-order valence-corrected chi connectivity index (χ2v) is 10.3. The SMILES string of the molecule is Cc1cccc(-c2cc(C)c(-c3ccc(-c4cc(Br)ccc4Br)cc3C)cc2Br)c1. The van der Waals surface area contributed by atoms with Crippen LogP contribution in [0.3, 0.4) is 0 Å². The first-order chi connectivity index (χ1) is 14.3. The van der Waals surface area contributed by atoms with E-state index in [9.17, 15) is 0 Å². The van der Waals surface area contributed by atoms with Crippen LogP contribution in [0, 0.1) is 20.8 Å². The summed E-state index contributed by atoms with van der Waals surface area (Å²) in [7, 11) is 0. The number of benzene rings is 4. The Morgan fingerprint density at radius 2 is 1.20 bits per heavy atom. The monoisotopic (exact) mass is 582 g/mol. The van der Waals surface area contributed by atoms with Crippen LogP contribution in [0.15, 0.2) is 86.2 Å². The molecule has 4 aromatic carbocycles. The molecule has 0 spiro atoms. The molecule has 0 heterocycles. The van der Waals surface area contributed by atoms with E-state index in [1.165, 1.54) is 50.1 Å². The third kappa shape index (κ3) is 4.34. The summed E-state index contributed by atoms with van der Waals surface area (Å²) in [6.45, 7) is 6.51. The van der Waals surface area contributed by atoms with Crippen LogP contribution in [0.2, 0.25) is 0 Å². The zero-order valence-corrected chi connectivity index (χ0v) is 21.8. The van der Waals surface area contributed by atoms with Crippen molar-refractivity contribution in [3.63, 3.8) is 0 Å². The molecule has 0 amide bonds. The van der Waals surface area contributed by atoms with Crippen molar-refractivity contribution in [1.29, 1.82) is 0 Å². The van der Waals surface area contributed by atoms with E-state index in [1.54, 1.807) is 0 Å². The van der Waals surface area contributed by atoms with Crippen LogP contribution >= 0.6 is 47.8 Å². The molecule has 4 aromatic rings. The Bertz CT molecular complexity index is 1260. The molecule has 0 aliphatic rings. The van der Waals surface area contributed by atoms with Gasteiger partial charge in [0.1, 0.15) is 0 Å². The number of aryl methyl sites for hydroxylation is 3. The van der Waals surface area contributed by atoms with E-state index in [4.69, 9.17) is 0 Å². The third-order valence-corrected chi connectivity index (χ3v) is 7.24. The van der Waals surface area contributed by atoms with Crippen LogP contribution in [0.5, 0.6) is 0 Å². The second kappa shape index (κ2) is 8.82. The van der Waals surface area contributed by atoms with Crippen LogP contribution in [0.1, 0.15) is 16.7 Å². The summed E-state index contributed by atoms with van der Waals surface area (Å²) in [5.74, 6) is 0. The van der Waals surface area contributed by atoms with Gasteiger partial charge in [0.25, 0.3) is 0 Å². The quantitative estimate of drug-likeness (QED) is 0.225. The molecule has 0 radical (unpaired) electrons. The molecule has 0 N–H and O–H groups in total. The van der Waals surface area contributed by atoms with Gasteiger partial charge in [0, 0.05) is 13.4 Å². The van der Waals surface area contributed by atoms with E-state index < -0.39 is 0 Å². The lowest BCUT2D eigenvalue weighted by atomic mass is 9.91. The Balaban J connectivity index is 1.78. The highest BCUT2D eigenvalue weighted by molar-refractivity contribution is 9.11. The highest BCUT2D eigenvalue weighted by Crippen LogP contribution is 2.38. The topological polar surface area (TPSA) is 0 Å². The van der Waals surface area contributed by atoms with Gasteiger partial charge in [-0.25, -0.2) is 0 Å². The Morgan fingerprint density at radius 3 is 1.93 bits per heavy atom. The summed E-state index contributed by atoms with van der Waals surface area (Å²) in [5, 5.41) is 0. The summed E-state index contributed by atoms with van der Waals surface area (Å²) in [5.41, 5.74) is 11.2. The molecule has 0 saturated carbocycles. The minimum atomic E-state index is 1.08. The van der Waals surface area contributed by atoms with Gasteiger partial charge in [-0.15, -0.1) is 0 Å². The van der Waals surface area contributed by atoms with Crippen LogP contribution in [-0.4, -0.2) is 0 Å². The molecule has 0 aliphatic heterocycles. The molecule has 0 saturated heterocycles. The molecular weight excluding hydrogens is 564 g/mol.